The summed E-state index contributed by atoms with van der Waals surface area (Å²) in [6.45, 7) is 6.52. The van der Waals surface area contributed by atoms with E-state index in [1.54, 1.807) is 19.1 Å². The summed E-state index contributed by atoms with van der Waals surface area (Å²) < 4.78 is 18.6. The normalized spacial score (nSPS) is 16.0. The number of rotatable bonds is 6. The van der Waals surface area contributed by atoms with Gasteiger partial charge in [-0.3, -0.25) is 4.79 Å². The predicted octanol–water partition coefficient (Wildman–Crippen LogP) is 3.14. The molecule has 0 spiro atoms. The number of nitrogens with zero attached hydrogens (tertiary/aromatic N) is 4. The van der Waals surface area contributed by atoms with Crippen molar-refractivity contribution in [1.29, 1.82) is 0 Å². The van der Waals surface area contributed by atoms with E-state index in [9.17, 15) is 9.18 Å². The number of aromatic nitrogens is 2. The van der Waals surface area contributed by atoms with Gasteiger partial charge in [0.05, 0.1) is 0 Å². The van der Waals surface area contributed by atoms with Crippen molar-refractivity contribution in [3.05, 3.63) is 41.5 Å². The number of hydrogen-bond donors (Lipinski definition) is 0. The van der Waals surface area contributed by atoms with Gasteiger partial charge in [0.1, 0.15) is 5.82 Å². The monoisotopic (exact) mass is 360 g/mol. The molecule has 0 saturated carbocycles. The van der Waals surface area contributed by atoms with E-state index < -0.39 is 0 Å². The standard InChI is InChI=1S/C19H25FN4O2/c1-3-4-16(15-5-7-17(20)8-6-15)13-18(25)23-9-11-24(12-10-23)19-22-21-14(2)26-19/h5-8,16H,3-4,9-13H2,1-2H3. The van der Waals surface area contributed by atoms with Crippen LogP contribution in [0.5, 0.6) is 0 Å². The van der Waals surface area contributed by atoms with Crippen molar-refractivity contribution in [3.63, 3.8) is 0 Å². The molecule has 0 N–H and O–H groups in total. The van der Waals surface area contributed by atoms with Crippen LogP contribution in [0, 0.1) is 12.7 Å². The van der Waals surface area contributed by atoms with Gasteiger partial charge in [0, 0.05) is 39.5 Å². The van der Waals surface area contributed by atoms with Crippen LogP contribution < -0.4 is 4.90 Å². The highest BCUT2D eigenvalue weighted by molar-refractivity contribution is 5.77. The topological polar surface area (TPSA) is 62.5 Å². The summed E-state index contributed by atoms with van der Waals surface area (Å²) in [5.41, 5.74) is 1.03. The Morgan fingerprint density at radius 3 is 2.46 bits per heavy atom. The zero-order chi connectivity index (χ0) is 18.5. The van der Waals surface area contributed by atoms with Crippen molar-refractivity contribution in [2.24, 2.45) is 0 Å². The van der Waals surface area contributed by atoms with Gasteiger partial charge in [0.2, 0.25) is 11.8 Å². The molecule has 6 nitrogen and oxygen atoms in total. The number of piperazine rings is 1. The van der Waals surface area contributed by atoms with E-state index in [0.717, 1.165) is 18.4 Å². The summed E-state index contributed by atoms with van der Waals surface area (Å²) in [4.78, 5) is 16.7. The second kappa shape index (κ2) is 8.29. The Balaban J connectivity index is 1.57. The molecular weight excluding hydrogens is 335 g/mol. The second-order valence-corrected chi connectivity index (χ2v) is 6.71. The van der Waals surface area contributed by atoms with Crippen LogP contribution in [0.1, 0.15) is 43.6 Å². The largest absolute Gasteiger partial charge is 0.408 e. The lowest BCUT2D eigenvalue weighted by Gasteiger charge is -2.34. The molecule has 7 heteroatoms. The molecule has 1 aliphatic rings. The van der Waals surface area contributed by atoms with Crippen LogP contribution in [0.15, 0.2) is 28.7 Å². The van der Waals surface area contributed by atoms with Gasteiger partial charge in [-0.15, -0.1) is 5.10 Å². The maximum absolute atomic E-state index is 13.2. The number of benzene rings is 1. The maximum Gasteiger partial charge on any atom is 0.318 e. The molecular formula is C19H25FN4O2. The lowest BCUT2D eigenvalue weighted by Crippen LogP contribution is -2.49. The number of amides is 1. The van der Waals surface area contributed by atoms with Gasteiger partial charge in [0.25, 0.3) is 0 Å². The van der Waals surface area contributed by atoms with Crippen molar-refractivity contribution in [2.75, 3.05) is 31.1 Å². The minimum atomic E-state index is -0.247. The molecule has 1 aromatic heterocycles. The number of anilines is 1. The van der Waals surface area contributed by atoms with Crippen LogP contribution >= 0.6 is 0 Å². The summed E-state index contributed by atoms with van der Waals surface area (Å²) >= 11 is 0. The van der Waals surface area contributed by atoms with Crippen LogP contribution in [-0.4, -0.2) is 47.2 Å². The molecule has 0 bridgehead atoms. The molecule has 0 aliphatic carbocycles. The predicted molar refractivity (Wildman–Crippen MR) is 96.5 cm³/mol. The minimum absolute atomic E-state index is 0.129. The number of halogens is 1. The fraction of sp³-hybridized carbons (Fsp3) is 0.526. The summed E-state index contributed by atoms with van der Waals surface area (Å²) in [7, 11) is 0. The highest BCUT2D eigenvalue weighted by Gasteiger charge is 2.26. The molecule has 1 aromatic carbocycles. The highest BCUT2D eigenvalue weighted by atomic mass is 19.1. The molecule has 0 radical (unpaired) electrons. The Bertz CT molecular complexity index is 723. The van der Waals surface area contributed by atoms with Crippen LogP contribution in [0.3, 0.4) is 0 Å². The van der Waals surface area contributed by atoms with Gasteiger partial charge in [-0.2, -0.15) is 0 Å². The molecule has 1 fully saturated rings. The lowest BCUT2D eigenvalue weighted by molar-refractivity contribution is -0.132. The van der Waals surface area contributed by atoms with Gasteiger partial charge in [-0.05, 0) is 30.0 Å². The lowest BCUT2D eigenvalue weighted by atomic mass is 9.91. The first-order valence-electron chi connectivity index (χ1n) is 9.15. The van der Waals surface area contributed by atoms with Gasteiger partial charge < -0.3 is 14.2 Å². The molecule has 3 rings (SSSR count). The van der Waals surface area contributed by atoms with Crippen molar-refractivity contribution in [3.8, 4) is 0 Å². The molecule has 1 unspecified atom stereocenters. The first-order chi connectivity index (χ1) is 12.6. The van der Waals surface area contributed by atoms with E-state index in [1.807, 2.05) is 9.80 Å². The number of carbonyl (C=O) groups excluding carboxylic acids is 1. The zero-order valence-electron chi connectivity index (χ0n) is 15.3. The average molecular weight is 360 g/mol. The fourth-order valence-electron chi connectivity index (χ4n) is 3.37. The smallest absolute Gasteiger partial charge is 0.318 e. The van der Waals surface area contributed by atoms with Crippen molar-refractivity contribution >= 4 is 11.9 Å². The van der Waals surface area contributed by atoms with Crippen molar-refractivity contribution in [2.45, 2.75) is 39.0 Å². The summed E-state index contributed by atoms with van der Waals surface area (Å²) in [6.07, 6.45) is 2.36. The third kappa shape index (κ3) is 4.39. The zero-order valence-corrected chi connectivity index (χ0v) is 15.3. The van der Waals surface area contributed by atoms with E-state index in [4.69, 9.17) is 4.42 Å². The third-order valence-electron chi connectivity index (χ3n) is 4.82. The SMILES string of the molecule is CCCC(CC(=O)N1CCN(c2nnc(C)o2)CC1)c1ccc(F)cc1. The Morgan fingerprint density at radius 2 is 1.88 bits per heavy atom. The molecule has 1 atom stereocenters. The Hall–Kier alpha value is -2.44. The maximum atomic E-state index is 13.2. The van der Waals surface area contributed by atoms with E-state index in [1.165, 1.54) is 12.1 Å². The van der Waals surface area contributed by atoms with E-state index in [0.29, 0.717) is 44.5 Å². The van der Waals surface area contributed by atoms with Gasteiger partial charge >= 0.3 is 6.01 Å². The van der Waals surface area contributed by atoms with Crippen LogP contribution in [-0.2, 0) is 4.79 Å². The summed E-state index contributed by atoms with van der Waals surface area (Å²) in [5.74, 6) is 0.571. The van der Waals surface area contributed by atoms with Crippen LogP contribution in [0.2, 0.25) is 0 Å². The van der Waals surface area contributed by atoms with E-state index in [-0.39, 0.29) is 17.6 Å². The van der Waals surface area contributed by atoms with Gasteiger partial charge in [-0.1, -0.05) is 30.6 Å². The average Bonchev–Trinajstić information content (AvgIpc) is 3.08. The third-order valence-corrected chi connectivity index (χ3v) is 4.82. The summed E-state index contributed by atoms with van der Waals surface area (Å²) in [5, 5.41) is 7.88. The summed E-state index contributed by atoms with van der Waals surface area (Å²) in [6, 6.07) is 7.03. The molecule has 2 aromatic rings. The molecule has 1 saturated heterocycles. The Labute approximate surface area is 153 Å². The first-order valence-corrected chi connectivity index (χ1v) is 9.15. The number of aryl methyl sites for hydroxylation is 1. The molecule has 140 valence electrons. The Morgan fingerprint density at radius 1 is 1.19 bits per heavy atom. The van der Waals surface area contributed by atoms with Crippen LogP contribution in [0.4, 0.5) is 10.4 Å². The Kier molecular flexibility index (Phi) is 5.85. The van der Waals surface area contributed by atoms with Crippen molar-refractivity contribution in [1.82, 2.24) is 15.1 Å². The number of hydrogen-bond acceptors (Lipinski definition) is 5. The number of carbonyl (C=O) groups is 1. The highest BCUT2D eigenvalue weighted by Crippen LogP contribution is 2.26. The minimum Gasteiger partial charge on any atom is -0.408 e. The van der Waals surface area contributed by atoms with E-state index in [2.05, 4.69) is 17.1 Å². The fourth-order valence-corrected chi connectivity index (χ4v) is 3.37. The molecule has 2 heterocycles. The molecule has 26 heavy (non-hydrogen) atoms. The quantitative estimate of drug-likeness (QED) is 0.792. The van der Waals surface area contributed by atoms with E-state index >= 15 is 0 Å². The van der Waals surface area contributed by atoms with Gasteiger partial charge in [-0.25, -0.2) is 4.39 Å². The molecule has 1 amide bonds. The van der Waals surface area contributed by atoms with Crippen LogP contribution in [0.25, 0.3) is 0 Å². The first kappa shape index (κ1) is 18.4. The second-order valence-electron chi connectivity index (χ2n) is 6.71. The van der Waals surface area contributed by atoms with Crippen molar-refractivity contribution < 1.29 is 13.6 Å². The molecule has 1 aliphatic heterocycles. The van der Waals surface area contributed by atoms with Gasteiger partial charge in [0.15, 0.2) is 0 Å².